The van der Waals surface area contributed by atoms with E-state index in [1.165, 1.54) is 12.8 Å². The Morgan fingerprint density at radius 3 is 2.35 bits per heavy atom. The van der Waals surface area contributed by atoms with Gasteiger partial charge in [0.1, 0.15) is 6.10 Å². The van der Waals surface area contributed by atoms with E-state index in [1.54, 1.807) is 0 Å². The molecule has 5 unspecified atom stereocenters. The summed E-state index contributed by atoms with van der Waals surface area (Å²) < 4.78 is 5.50. The zero-order valence-corrected chi connectivity index (χ0v) is 10.3. The summed E-state index contributed by atoms with van der Waals surface area (Å²) in [6, 6.07) is 0. The van der Waals surface area contributed by atoms with E-state index in [0.29, 0.717) is 5.92 Å². The van der Waals surface area contributed by atoms with Crippen molar-refractivity contribution in [3.8, 4) is 0 Å². The maximum absolute atomic E-state index is 12.1. The molecule has 0 spiro atoms. The fraction of sp³-hybridized carbons (Fsp3) is 0.929. The molecule has 2 saturated carbocycles. The molecule has 96 valence electrons. The van der Waals surface area contributed by atoms with E-state index in [1.807, 2.05) is 0 Å². The average Bonchev–Trinajstić information content (AvgIpc) is 2.66. The topological polar surface area (TPSA) is 49.4 Å². The van der Waals surface area contributed by atoms with E-state index in [9.17, 15) is 9.90 Å². The number of carbonyl (C=O) groups is 1. The van der Waals surface area contributed by atoms with Crippen molar-refractivity contribution in [2.45, 2.75) is 63.6 Å². The molecule has 5 atom stereocenters. The van der Waals surface area contributed by atoms with E-state index in [4.69, 9.17) is 4.74 Å². The van der Waals surface area contributed by atoms with Crippen LogP contribution in [-0.2, 0) is 9.53 Å². The van der Waals surface area contributed by atoms with Crippen LogP contribution < -0.4 is 5.11 Å². The Morgan fingerprint density at radius 1 is 0.941 bits per heavy atom. The molecule has 0 aromatic heterocycles. The Morgan fingerprint density at radius 2 is 1.59 bits per heavy atom. The summed E-state index contributed by atoms with van der Waals surface area (Å²) in [4.78, 5) is 12.0. The van der Waals surface area contributed by atoms with Crippen molar-refractivity contribution >= 4 is 5.97 Å². The second-order valence-corrected chi connectivity index (χ2v) is 5.94. The van der Waals surface area contributed by atoms with E-state index in [0.717, 1.165) is 38.5 Å². The molecule has 0 aromatic rings. The first-order valence-electron chi connectivity index (χ1n) is 7.13. The summed E-state index contributed by atoms with van der Waals surface area (Å²) >= 11 is 0. The Bertz CT molecular complexity index is 302. The molecule has 3 aliphatic rings. The number of ether oxygens (including phenoxy) is 1. The molecular formula is C14H21O3-. The van der Waals surface area contributed by atoms with Gasteiger partial charge in [-0.3, -0.25) is 4.79 Å². The van der Waals surface area contributed by atoms with E-state index in [2.05, 4.69) is 0 Å². The highest BCUT2D eigenvalue weighted by Crippen LogP contribution is 2.45. The summed E-state index contributed by atoms with van der Waals surface area (Å²) in [5.41, 5.74) is 0. The van der Waals surface area contributed by atoms with Gasteiger partial charge in [-0.25, -0.2) is 0 Å². The lowest BCUT2D eigenvalue weighted by Gasteiger charge is -2.41. The fourth-order valence-electron chi connectivity index (χ4n) is 4.11. The van der Waals surface area contributed by atoms with Crippen molar-refractivity contribution in [1.29, 1.82) is 0 Å². The van der Waals surface area contributed by atoms with Crippen molar-refractivity contribution in [1.82, 2.24) is 0 Å². The van der Waals surface area contributed by atoms with Gasteiger partial charge in [0.05, 0.1) is 5.92 Å². The molecule has 3 fully saturated rings. The summed E-state index contributed by atoms with van der Waals surface area (Å²) in [7, 11) is 0. The minimum atomic E-state index is -0.526. The van der Waals surface area contributed by atoms with Crippen LogP contribution in [0.5, 0.6) is 0 Å². The van der Waals surface area contributed by atoms with Crippen molar-refractivity contribution < 1.29 is 14.6 Å². The molecule has 0 bridgehead atoms. The normalized spacial score (nSPS) is 46.4. The maximum atomic E-state index is 12.1. The predicted molar refractivity (Wildman–Crippen MR) is 61.1 cm³/mol. The SMILES string of the molecule is O=C1OC2CCCCC2C1C1CCCCC1[O-]. The predicted octanol–water partition coefficient (Wildman–Crippen LogP) is 1.64. The first-order valence-corrected chi connectivity index (χ1v) is 7.13. The lowest BCUT2D eigenvalue weighted by molar-refractivity contribution is -0.441. The van der Waals surface area contributed by atoms with Crippen LogP contribution in [0.4, 0.5) is 0 Å². The summed E-state index contributed by atoms with van der Waals surface area (Å²) in [6.45, 7) is 0. The molecule has 0 N–H and O–H groups in total. The zero-order valence-electron chi connectivity index (χ0n) is 10.3. The van der Waals surface area contributed by atoms with E-state index < -0.39 is 6.10 Å². The number of esters is 1. The highest BCUT2D eigenvalue weighted by atomic mass is 16.6. The summed E-state index contributed by atoms with van der Waals surface area (Å²) in [5.74, 6) is 0.290. The second kappa shape index (κ2) is 4.60. The Hall–Kier alpha value is -0.570. The van der Waals surface area contributed by atoms with Crippen molar-refractivity contribution in [2.75, 3.05) is 0 Å². The fourth-order valence-corrected chi connectivity index (χ4v) is 4.11. The molecule has 0 radical (unpaired) electrons. The molecule has 17 heavy (non-hydrogen) atoms. The lowest BCUT2D eigenvalue weighted by Crippen LogP contribution is -2.44. The molecule has 3 rings (SSSR count). The Balaban J connectivity index is 1.78. The lowest BCUT2D eigenvalue weighted by atomic mass is 9.69. The van der Waals surface area contributed by atoms with Crippen LogP contribution in [-0.4, -0.2) is 18.2 Å². The van der Waals surface area contributed by atoms with Crippen LogP contribution >= 0.6 is 0 Å². The summed E-state index contributed by atoms with van der Waals surface area (Å²) in [5, 5.41) is 12.1. The highest BCUT2D eigenvalue weighted by molar-refractivity contribution is 5.75. The van der Waals surface area contributed by atoms with Crippen LogP contribution in [0.15, 0.2) is 0 Å². The molecule has 3 heteroatoms. The Labute approximate surface area is 103 Å². The second-order valence-electron chi connectivity index (χ2n) is 5.94. The third-order valence-electron chi connectivity index (χ3n) is 4.97. The van der Waals surface area contributed by atoms with Gasteiger partial charge in [-0.1, -0.05) is 32.1 Å². The summed E-state index contributed by atoms with van der Waals surface area (Å²) in [6.07, 6.45) is 7.94. The van der Waals surface area contributed by atoms with Gasteiger partial charge in [0, 0.05) is 5.92 Å². The molecule has 2 aliphatic carbocycles. The number of hydrogen-bond acceptors (Lipinski definition) is 3. The number of rotatable bonds is 1. The quantitative estimate of drug-likeness (QED) is 0.651. The third kappa shape index (κ3) is 1.99. The zero-order chi connectivity index (χ0) is 11.8. The van der Waals surface area contributed by atoms with Crippen LogP contribution in [0.25, 0.3) is 0 Å². The van der Waals surface area contributed by atoms with Gasteiger partial charge in [-0.05, 0) is 25.2 Å². The smallest absolute Gasteiger partial charge is 0.309 e. The minimum absolute atomic E-state index is 0.0596. The molecular weight excluding hydrogens is 216 g/mol. The minimum Gasteiger partial charge on any atom is -0.852 e. The van der Waals surface area contributed by atoms with Gasteiger partial charge in [-0.15, -0.1) is 6.10 Å². The van der Waals surface area contributed by atoms with Crippen LogP contribution in [0.2, 0.25) is 0 Å². The van der Waals surface area contributed by atoms with Gasteiger partial charge < -0.3 is 9.84 Å². The number of fused-ring (bicyclic) bond motifs is 1. The van der Waals surface area contributed by atoms with Crippen molar-refractivity contribution in [3.63, 3.8) is 0 Å². The van der Waals surface area contributed by atoms with Crippen molar-refractivity contribution in [3.05, 3.63) is 0 Å². The van der Waals surface area contributed by atoms with Gasteiger partial charge in [-0.2, -0.15) is 0 Å². The first kappa shape index (κ1) is 11.5. The third-order valence-corrected chi connectivity index (χ3v) is 4.97. The molecule has 1 heterocycles. The molecule has 0 amide bonds. The Kier molecular flexibility index (Phi) is 3.12. The van der Waals surface area contributed by atoms with Crippen LogP contribution in [0.1, 0.15) is 51.4 Å². The van der Waals surface area contributed by atoms with E-state index >= 15 is 0 Å². The van der Waals surface area contributed by atoms with Gasteiger partial charge in [0.15, 0.2) is 0 Å². The molecule has 3 nitrogen and oxygen atoms in total. The highest BCUT2D eigenvalue weighted by Gasteiger charge is 2.49. The van der Waals surface area contributed by atoms with Gasteiger partial charge in [0.2, 0.25) is 0 Å². The monoisotopic (exact) mass is 237 g/mol. The van der Waals surface area contributed by atoms with Crippen LogP contribution in [0, 0.1) is 17.8 Å². The largest absolute Gasteiger partial charge is 0.852 e. The average molecular weight is 237 g/mol. The van der Waals surface area contributed by atoms with Crippen LogP contribution in [0.3, 0.4) is 0 Å². The molecule has 1 aliphatic heterocycles. The number of carbonyl (C=O) groups excluding carboxylic acids is 1. The van der Waals surface area contributed by atoms with Crippen molar-refractivity contribution in [2.24, 2.45) is 17.8 Å². The van der Waals surface area contributed by atoms with E-state index in [-0.39, 0.29) is 23.9 Å². The first-order chi connectivity index (χ1) is 8.27. The van der Waals surface area contributed by atoms with Gasteiger partial charge >= 0.3 is 5.97 Å². The standard InChI is InChI=1S/C14H21O3/c15-11-7-3-1-5-9(11)13-10-6-2-4-8-12(10)17-14(13)16/h9-13H,1-8H2/q-1. The maximum Gasteiger partial charge on any atom is 0.309 e. The number of hydrogen-bond donors (Lipinski definition) is 0. The molecule has 1 saturated heterocycles. The molecule has 0 aromatic carbocycles. The van der Waals surface area contributed by atoms with Gasteiger partial charge in [0.25, 0.3) is 0 Å².